The summed E-state index contributed by atoms with van der Waals surface area (Å²) in [6.45, 7) is 5.72. The van der Waals surface area contributed by atoms with Crippen LogP contribution in [0.2, 0.25) is 0 Å². The minimum atomic E-state index is -1.02. The summed E-state index contributed by atoms with van der Waals surface area (Å²) in [5.74, 6) is -1.25. The molecular weight excluding hydrogens is 270 g/mol. The van der Waals surface area contributed by atoms with Crippen LogP contribution >= 0.6 is 0 Å². The van der Waals surface area contributed by atoms with Gasteiger partial charge >= 0.3 is 5.97 Å². The van der Waals surface area contributed by atoms with E-state index in [4.69, 9.17) is 0 Å². The molecule has 1 aromatic carbocycles. The highest BCUT2D eigenvalue weighted by Crippen LogP contribution is 2.19. The van der Waals surface area contributed by atoms with Crippen LogP contribution in [0.1, 0.15) is 36.2 Å². The van der Waals surface area contributed by atoms with E-state index in [2.05, 4.69) is 15.5 Å². The minimum absolute atomic E-state index is 0.177. The summed E-state index contributed by atoms with van der Waals surface area (Å²) in [5.41, 5.74) is 1.95. The van der Waals surface area contributed by atoms with Crippen molar-refractivity contribution in [2.24, 2.45) is 5.92 Å². The van der Waals surface area contributed by atoms with Crippen molar-refractivity contribution < 1.29 is 14.7 Å². The molecule has 0 saturated carbocycles. The van der Waals surface area contributed by atoms with Crippen molar-refractivity contribution in [3.05, 3.63) is 29.5 Å². The van der Waals surface area contributed by atoms with Gasteiger partial charge in [-0.15, -0.1) is 0 Å². The number of benzene rings is 1. The van der Waals surface area contributed by atoms with Crippen molar-refractivity contribution >= 4 is 22.8 Å². The standard InChI is InChI=1S/C15H19N3O3/c1-8(2)4-12(15(20)21)17-14(19)11-6-9(3)5-10-7-16-18-13(10)11/h5-8,12H,4H2,1-3H3,(H,16,18)(H,17,19)(H,20,21)/t12-/m1/s1. The van der Waals surface area contributed by atoms with Gasteiger partial charge in [-0.05, 0) is 37.0 Å². The molecule has 0 bridgehead atoms. The molecule has 3 N–H and O–H groups in total. The van der Waals surface area contributed by atoms with Crippen LogP contribution in [0.5, 0.6) is 0 Å². The highest BCUT2D eigenvalue weighted by atomic mass is 16.4. The maximum absolute atomic E-state index is 12.4. The molecule has 1 heterocycles. The summed E-state index contributed by atoms with van der Waals surface area (Å²) in [7, 11) is 0. The van der Waals surface area contributed by atoms with Gasteiger partial charge in [0.15, 0.2) is 0 Å². The summed E-state index contributed by atoms with van der Waals surface area (Å²) in [6, 6.07) is 2.75. The van der Waals surface area contributed by atoms with Crippen molar-refractivity contribution in [2.75, 3.05) is 0 Å². The van der Waals surface area contributed by atoms with E-state index in [0.29, 0.717) is 17.5 Å². The predicted molar refractivity (Wildman–Crippen MR) is 79.2 cm³/mol. The number of aromatic amines is 1. The first-order chi connectivity index (χ1) is 9.88. The van der Waals surface area contributed by atoms with E-state index in [1.54, 1.807) is 12.3 Å². The van der Waals surface area contributed by atoms with Crippen LogP contribution in [-0.4, -0.2) is 33.2 Å². The zero-order valence-electron chi connectivity index (χ0n) is 12.3. The number of H-pyrrole nitrogens is 1. The van der Waals surface area contributed by atoms with Crippen LogP contribution in [0.4, 0.5) is 0 Å². The Morgan fingerprint density at radius 3 is 2.71 bits per heavy atom. The maximum Gasteiger partial charge on any atom is 0.326 e. The SMILES string of the molecule is Cc1cc(C(=O)N[C@H](CC(C)C)C(=O)O)c2[nH]ncc2c1. The van der Waals surface area contributed by atoms with E-state index in [-0.39, 0.29) is 5.92 Å². The number of aromatic nitrogens is 2. The lowest BCUT2D eigenvalue weighted by Gasteiger charge is -2.16. The monoisotopic (exact) mass is 289 g/mol. The Morgan fingerprint density at radius 1 is 1.38 bits per heavy atom. The Bertz CT molecular complexity index is 676. The number of nitrogens with zero attached hydrogens (tertiary/aromatic N) is 1. The van der Waals surface area contributed by atoms with Crippen LogP contribution in [0.25, 0.3) is 10.9 Å². The number of hydrogen-bond acceptors (Lipinski definition) is 3. The van der Waals surface area contributed by atoms with E-state index in [1.165, 1.54) is 0 Å². The van der Waals surface area contributed by atoms with E-state index < -0.39 is 17.9 Å². The molecule has 6 nitrogen and oxygen atoms in total. The smallest absolute Gasteiger partial charge is 0.326 e. The topological polar surface area (TPSA) is 95.1 Å². The number of nitrogens with one attached hydrogen (secondary N) is 2. The number of carboxylic acid groups (broad SMARTS) is 1. The number of aryl methyl sites for hydroxylation is 1. The van der Waals surface area contributed by atoms with Crippen molar-refractivity contribution in [3.63, 3.8) is 0 Å². The Labute approximate surface area is 122 Å². The van der Waals surface area contributed by atoms with Crippen LogP contribution in [0.3, 0.4) is 0 Å². The van der Waals surface area contributed by atoms with E-state index in [1.807, 2.05) is 26.8 Å². The number of carbonyl (C=O) groups is 2. The van der Waals surface area contributed by atoms with E-state index in [9.17, 15) is 14.7 Å². The molecule has 0 aliphatic heterocycles. The molecule has 0 aliphatic rings. The van der Waals surface area contributed by atoms with Gasteiger partial charge < -0.3 is 10.4 Å². The van der Waals surface area contributed by atoms with Gasteiger partial charge in [-0.1, -0.05) is 13.8 Å². The average molecular weight is 289 g/mol. The lowest BCUT2D eigenvalue weighted by Crippen LogP contribution is -2.41. The Balaban J connectivity index is 2.29. The summed E-state index contributed by atoms with van der Waals surface area (Å²) < 4.78 is 0. The summed E-state index contributed by atoms with van der Waals surface area (Å²) >= 11 is 0. The fourth-order valence-electron chi connectivity index (χ4n) is 2.32. The second-order valence-corrected chi connectivity index (χ2v) is 5.64. The predicted octanol–water partition coefficient (Wildman–Crippen LogP) is 2.10. The lowest BCUT2D eigenvalue weighted by molar-refractivity contribution is -0.139. The maximum atomic E-state index is 12.4. The molecule has 112 valence electrons. The molecule has 1 amide bonds. The normalized spacial score (nSPS) is 12.6. The van der Waals surface area contributed by atoms with Crippen LogP contribution < -0.4 is 5.32 Å². The second-order valence-electron chi connectivity index (χ2n) is 5.64. The summed E-state index contributed by atoms with van der Waals surface area (Å²) in [5, 5.41) is 19.3. The van der Waals surface area contributed by atoms with Gasteiger partial charge in [-0.3, -0.25) is 9.89 Å². The fraction of sp³-hybridized carbons (Fsp3) is 0.400. The van der Waals surface area contributed by atoms with E-state index in [0.717, 1.165) is 10.9 Å². The third-order valence-corrected chi connectivity index (χ3v) is 3.25. The number of carboxylic acids is 1. The average Bonchev–Trinajstić information content (AvgIpc) is 2.83. The van der Waals surface area contributed by atoms with Gasteiger partial charge in [0.1, 0.15) is 6.04 Å². The Hall–Kier alpha value is -2.37. The highest BCUT2D eigenvalue weighted by Gasteiger charge is 2.23. The largest absolute Gasteiger partial charge is 0.480 e. The number of amides is 1. The molecule has 0 saturated heterocycles. The highest BCUT2D eigenvalue weighted by molar-refractivity contribution is 6.06. The summed E-state index contributed by atoms with van der Waals surface area (Å²) in [4.78, 5) is 23.6. The molecule has 0 aliphatic carbocycles. The number of aliphatic carboxylic acids is 1. The first-order valence-electron chi connectivity index (χ1n) is 6.86. The van der Waals surface area contributed by atoms with Gasteiger partial charge in [0, 0.05) is 5.39 Å². The molecule has 2 aromatic rings. The van der Waals surface area contributed by atoms with Crippen LogP contribution in [-0.2, 0) is 4.79 Å². The van der Waals surface area contributed by atoms with Crippen LogP contribution in [0.15, 0.2) is 18.3 Å². The molecule has 0 fully saturated rings. The second kappa shape index (κ2) is 5.95. The van der Waals surface area contributed by atoms with Gasteiger partial charge in [-0.2, -0.15) is 5.10 Å². The number of hydrogen-bond donors (Lipinski definition) is 3. The van der Waals surface area contributed by atoms with Gasteiger partial charge in [-0.25, -0.2) is 4.79 Å². The quantitative estimate of drug-likeness (QED) is 0.785. The van der Waals surface area contributed by atoms with Gasteiger partial charge in [0.25, 0.3) is 5.91 Å². The molecule has 2 rings (SSSR count). The van der Waals surface area contributed by atoms with Crippen molar-refractivity contribution in [1.29, 1.82) is 0 Å². The lowest BCUT2D eigenvalue weighted by atomic mass is 10.0. The third-order valence-electron chi connectivity index (χ3n) is 3.25. The molecule has 1 atom stereocenters. The fourth-order valence-corrected chi connectivity index (χ4v) is 2.32. The van der Waals surface area contributed by atoms with Crippen molar-refractivity contribution in [3.8, 4) is 0 Å². The molecular formula is C15H19N3O3. The Kier molecular flexibility index (Phi) is 4.26. The van der Waals surface area contributed by atoms with Crippen molar-refractivity contribution in [1.82, 2.24) is 15.5 Å². The molecule has 21 heavy (non-hydrogen) atoms. The molecule has 6 heteroatoms. The molecule has 0 radical (unpaired) electrons. The summed E-state index contributed by atoms with van der Waals surface area (Å²) in [6.07, 6.45) is 2.03. The molecule has 0 unspecified atom stereocenters. The first kappa shape index (κ1) is 15.0. The molecule has 1 aromatic heterocycles. The number of carbonyl (C=O) groups excluding carboxylic acids is 1. The zero-order valence-corrected chi connectivity index (χ0v) is 12.3. The molecule has 0 spiro atoms. The van der Waals surface area contributed by atoms with Gasteiger partial charge in [0.2, 0.25) is 0 Å². The number of fused-ring (bicyclic) bond motifs is 1. The van der Waals surface area contributed by atoms with E-state index >= 15 is 0 Å². The number of rotatable bonds is 5. The first-order valence-corrected chi connectivity index (χ1v) is 6.86. The van der Waals surface area contributed by atoms with Crippen molar-refractivity contribution in [2.45, 2.75) is 33.2 Å². The van der Waals surface area contributed by atoms with Gasteiger partial charge in [0.05, 0.1) is 17.3 Å². The Morgan fingerprint density at radius 2 is 2.10 bits per heavy atom. The minimum Gasteiger partial charge on any atom is -0.480 e. The zero-order chi connectivity index (χ0) is 15.6. The third kappa shape index (κ3) is 3.39. The van der Waals surface area contributed by atoms with Crippen LogP contribution in [0, 0.1) is 12.8 Å².